The maximum atomic E-state index is 5.74. The molecule has 0 aliphatic rings. The lowest BCUT2D eigenvalue weighted by atomic mass is 10.0. The molecule has 2 aromatic carbocycles. The zero-order chi connectivity index (χ0) is 12.4. The highest BCUT2D eigenvalue weighted by molar-refractivity contribution is 5.84. The predicted octanol–water partition coefficient (Wildman–Crippen LogP) is 3.82. The Kier molecular flexibility index (Phi) is 2.87. The Balaban J connectivity index is 2.05. The van der Waals surface area contributed by atoms with Crippen molar-refractivity contribution in [3.05, 3.63) is 60.4 Å². The minimum atomic E-state index is 0.759. The summed E-state index contributed by atoms with van der Waals surface area (Å²) in [6.07, 6.45) is 0. The van der Waals surface area contributed by atoms with E-state index in [2.05, 4.69) is 47.8 Å². The molecular formula is C16H15NO. The Morgan fingerprint density at radius 2 is 1.78 bits per heavy atom. The Labute approximate surface area is 106 Å². The summed E-state index contributed by atoms with van der Waals surface area (Å²) in [5.41, 5.74) is 3.40. The van der Waals surface area contributed by atoms with Gasteiger partial charge in [-0.25, -0.2) is 0 Å². The third kappa shape index (κ3) is 2.03. The van der Waals surface area contributed by atoms with Crippen LogP contribution in [-0.2, 0) is 6.54 Å². The van der Waals surface area contributed by atoms with E-state index < -0.39 is 0 Å². The first-order valence-electron chi connectivity index (χ1n) is 6.09. The molecule has 0 atom stereocenters. The molecule has 0 spiro atoms. The normalized spacial score (nSPS) is 10.9. The quantitative estimate of drug-likeness (QED) is 0.749. The van der Waals surface area contributed by atoms with Crippen molar-refractivity contribution in [1.29, 1.82) is 0 Å². The van der Waals surface area contributed by atoms with Crippen molar-refractivity contribution in [2.24, 2.45) is 0 Å². The minimum absolute atomic E-state index is 0.759. The smallest absolute Gasteiger partial charge is 0.134 e. The number of hydrogen-bond acceptors (Lipinski definition) is 2. The van der Waals surface area contributed by atoms with Crippen LogP contribution >= 0.6 is 0 Å². The van der Waals surface area contributed by atoms with Crippen molar-refractivity contribution in [1.82, 2.24) is 5.32 Å². The molecule has 0 saturated heterocycles. The molecule has 1 aromatic heterocycles. The summed E-state index contributed by atoms with van der Waals surface area (Å²) in [6, 6.07) is 18.8. The van der Waals surface area contributed by atoms with Crippen molar-refractivity contribution in [2.75, 3.05) is 7.05 Å². The second kappa shape index (κ2) is 4.67. The Bertz CT molecular complexity index is 655. The van der Waals surface area contributed by atoms with Gasteiger partial charge in [-0.15, -0.1) is 0 Å². The number of fused-ring (bicyclic) bond motifs is 1. The van der Waals surface area contributed by atoms with E-state index >= 15 is 0 Å². The molecule has 0 saturated carbocycles. The van der Waals surface area contributed by atoms with Gasteiger partial charge in [-0.05, 0) is 36.4 Å². The van der Waals surface area contributed by atoms with Gasteiger partial charge in [-0.3, -0.25) is 0 Å². The van der Waals surface area contributed by atoms with E-state index in [9.17, 15) is 0 Å². The van der Waals surface area contributed by atoms with Crippen LogP contribution in [0.5, 0.6) is 0 Å². The van der Waals surface area contributed by atoms with Crippen LogP contribution in [0.25, 0.3) is 22.1 Å². The number of rotatable bonds is 3. The summed E-state index contributed by atoms with van der Waals surface area (Å²) in [4.78, 5) is 0. The summed E-state index contributed by atoms with van der Waals surface area (Å²) >= 11 is 0. The first-order valence-corrected chi connectivity index (χ1v) is 6.09. The maximum Gasteiger partial charge on any atom is 0.134 e. The van der Waals surface area contributed by atoms with Gasteiger partial charge in [-0.1, -0.05) is 36.4 Å². The average Bonchev–Trinajstić information content (AvgIpc) is 2.81. The van der Waals surface area contributed by atoms with Crippen molar-refractivity contribution < 1.29 is 4.42 Å². The molecule has 0 unspecified atom stereocenters. The van der Waals surface area contributed by atoms with Crippen LogP contribution < -0.4 is 5.32 Å². The third-order valence-corrected chi connectivity index (χ3v) is 3.03. The topological polar surface area (TPSA) is 25.2 Å². The van der Waals surface area contributed by atoms with Crippen LogP contribution in [0.3, 0.4) is 0 Å². The van der Waals surface area contributed by atoms with Gasteiger partial charge in [0, 0.05) is 5.39 Å². The monoisotopic (exact) mass is 237 g/mol. The van der Waals surface area contributed by atoms with E-state index in [0.29, 0.717) is 0 Å². The van der Waals surface area contributed by atoms with Crippen molar-refractivity contribution in [3.8, 4) is 11.1 Å². The molecule has 2 nitrogen and oxygen atoms in total. The fourth-order valence-corrected chi connectivity index (χ4v) is 2.17. The van der Waals surface area contributed by atoms with Gasteiger partial charge >= 0.3 is 0 Å². The summed E-state index contributed by atoms with van der Waals surface area (Å²) in [7, 11) is 1.92. The SMILES string of the molecule is CNCc1cc2cc(-c3ccccc3)ccc2o1. The molecule has 0 amide bonds. The lowest BCUT2D eigenvalue weighted by molar-refractivity contribution is 0.531. The first-order chi connectivity index (χ1) is 8.86. The third-order valence-electron chi connectivity index (χ3n) is 3.03. The van der Waals surface area contributed by atoms with Crippen LogP contribution in [0.2, 0.25) is 0 Å². The van der Waals surface area contributed by atoms with Crippen LogP contribution in [0, 0.1) is 0 Å². The van der Waals surface area contributed by atoms with Gasteiger partial charge in [0.15, 0.2) is 0 Å². The molecule has 0 aliphatic heterocycles. The van der Waals surface area contributed by atoms with E-state index in [1.54, 1.807) is 0 Å². The number of hydrogen-bond donors (Lipinski definition) is 1. The predicted molar refractivity (Wildman–Crippen MR) is 74.4 cm³/mol. The lowest BCUT2D eigenvalue weighted by Gasteiger charge is -2.00. The Morgan fingerprint density at radius 3 is 2.56 bits per heavy atom. The van der Waals surface area contributed by atoms with E-state index in [4.69, 9.17) is 4.42 Å². The van der Waals surface area contributed by atoms with Gasteiger partial charge in [0.25, 0.3) is 0 Å². The molecule has 0 radical (unpaired) electrons. The zero-order valence-corrected chi connectivity index (χ0v) is 10.3. The number of benzene rings is 2. The van der Waals surface area contributed by atoms with E-state index in [0.717, 1.165) is 23.3 Å². The average molecular weight is 237 g/mol. The van der Waals surface area contributed by atoms with Crippen LogP contribution in [0.15, 0.2) is 59.0 Å². The fraction of sp³-hybridized carbons (Fsp3) is 0.125. The Hall–Kier alpha value is -2.06. The summed E-state index contributed by atoms with van der Waals surface area (Å²) in [6.45, 7) is 0.759. The van der Waals surface area contributed by atoms with Crippen molar-refractivity contribution >= 4 is 11.0 Å². The van der Waals surface area contributed by atoms with Gasteiger partial charge in [0.1, 0.15) is 11.3 Å². The van der Waals surface area contributed by atoms with E-state index in [-0.39, 0.29) is 0 Å². The van der Waals surface area contributed by atoms with Gasteiger partial charge < -0.3 is 9.73 Å². The van der Waals surface area contributed by atoms with Crippen LogP contribution in [0.1, 0.15) is 5.76 Å². The van der Waals surface area contributed by atoms with Crippen LogP contribution in [0.4, 0.5) is 0 Å². The summed E-state index contributed by atoms with van der Waals surface area (Å²) in [5, 5.41) is 4.25. The Morgan fingerprint density at radius 1 is 0.944 bits per heavy atom. The highest BCUT2D eigenvalue weighted by atomic mass is 16.3. The molecule has 0 fully saturated rings. The highest BCUT2D eigenvalue weighted by Crippen LogP contribution is 2.26. The van der Waals surface area contributed by atoms with E-state index in [1.165, 1.54) is 11.1 Å². The van der Waals surface area contributed by atoms with Gasteiger partial charge in [0.05, 0.1) is 6.54 Å². The maximum absolute atomic E-state index is 5.74. The van der Waals surface area contributed by atoms with Gasteiger partial charge in [-0.2, -0.15) is 0 Å². The zero-order valence-electron chi connectivity index (χ0n) is 10.3. The molecule has 2 heteroatoms. The molecule has 18 heavy (non-hydrogen) atoms. The van der Waals surface area contributed by atoms with Crippen molar-refractivity contribution in [3.63, 3.8) is 0 Å². The van der Waals surface area contributed by atoms with Crippen LogP contribution in [-0.4, -0.2) is 7.05 Å². The van der Waals surface area contributed by atoms with E-state index in [1.807, 2.05) is 19.2 Å². The molecule has 1 heterocycles. The molecule has 3 aromatic rings. The fourth-order valence-electron chi connectivity index (χ4n) is 2.17. The molecule has 0 bridgehead atoms. The standard InChI is InChI=1S/C16H15NO/c1-17-11-15-10-14-9-13(7-8-16(14)18-15)12-5-3-2-4-6-12/h2-10,17H,11H2,1H3. The molecule has 90 valence electrons. The minimum Gasteiger partial charge on any atom is -0.460 e. The second-order valence-corrected chi connectivity index (χ2v) is 4.36. The summed E-state index contributed by atoms with van der Waals surface area (Å²) in [5.74, 6) is 0.970. The molecule has 0 aliphatic carbocycles. The number of furan rings is 1. The largest absolute Gasteiger partial charge is 0.460 e. The van der Waals surface area contributed by atoms with Crippen molar-refractivity contribution in [2.45, 2.75) is 6.54 Å². The lowest BCUT2D eigenvalue weighted by Crippen LogP contribution is -2.03. The molecule has 3 rings (SSSR count). The first kappa shape index (κ1) is 11.1. The number of nitrogens with one attached hydrogen (secondary N) is 1. The molecule has 1 N–H and O–H groups in total. The molecular weight excluding hydrogens is 222 g/mol. The highest BCUT2D eigenvalue weighted by Gasteiger charge is 2.04. The summed E-state index contributed by atoms with van der Waals surface area (Å²) < 4.78 is 5.74. The van der Waals surface area contributed by atoms with Gasteiger partial charge in [0.2, 0.25) is 0 Å². The second-order valence-electron chi connectivity index (χ2n) is 4.36.